The van der Waals surface area contributed by atoms with E-state index in [1.807, 2.05) is 34.9 Å². The second kappa shape index (κ2) is 5.00. The number of hydrogen-bond acceptors (Lipinski definition) is 3. The molecule has 0 bridgehead atoms. The molecule has 3 heterocycles. The van der Waals surface area contributed by atoms with E-state index in [0.717, 1.165) is 16.9 Å². The van der Waals surface area contributed by atoms with Gasteiger partial charge in [0.1, 0.15) is 5.52 Å². The van der Waals surface area contributed by atoms with Crippen LogP contribution in [0.15, 0.2) is 59.1 Å². The molecule has 5 heteroatoms. The van der Waals surface area contributed by atoms with Crippen LogP contribution in [-0.4, -0.2) is 14.5 Å². The number of imidazole rings is 1. The van der Waals surface area contributed by atoms with Gasteiger partial charge in [-0.25, -0.2) is 9.97 Å². The van der Waals surface area contributed by atoms with E-state index in [4.69, 9.17) is 16.0 Å². The molecule has 108 valence electrons. The molecule has 1 aromatic carbocycles. The lowest BCUT2D eigenvalue weighted by Gasteiger charge is -2.08. The van der Waals surface area contributed by atoms with Crippen molar-refractivity contribution in [1.29, 1.82) is 0 Å². The van der Waals surface area contributed by atoms with Gasteiger partial charge in [-0.3, -0.25) is 4.57 Å². The lowest BCUT2D eigenvalue weighted by molar-refractivity contribution is 0.578. The molecule has 4 aromatic rings. The van der Waals surface area contributed by atoms with Crippen LogP contribution in [0.2, 0.25) is 5.22 Å². The van der Waals surface area contributed by atoms with Gasteiger partial charge in [-0.15, -0.1) is 0 Å². The van der Waals surface area contributed by atoms with Crippen LogP contribution >= 0.6 is 11.6 Å². The minimum Gasteiger partial charge on any atom is -0.441 e. The van der Waals surface area contributed by atoms with E-state index >= 15 is 0 Å². The third-order valence-electron chi connectivity index (χ3n) is 3.47. The summed E-state index contributed by atoms with van der Waals surface area (Å²) in [5.41, 5.74) is 3.75. The standard InChI is InChI=1S/C17H12ClN3O/c1-11-4-2-5-12(10-11)21-16-13(6-3-9-19-16)20-17(21)14-7-8-15(18)22-14/h2-10H,1H3. The van der Waals surface area contributed by atoms with Crippen molar-refractivity contribution in [3.05, 3.63) is 65.5 Å². The van der Waals surface area contributed by atoms with Gasteiger partial charge in [-0.05, 0) is 60.5 Å². The van der Waals surface area contributed by atoms with Crippen molar-refractivity contribution in [3.8, 4) is 17.3 Å². The Morgan fingerprint density at radius 2 is 2.00 bits per heavy atom. The van der Waals surface area contributed by atoms with Crippen molar-refractivity contribution in [1.82, 2.24) is 14.5 Å². The monoisotopic (exact) mass is 309 g/mol. The Bertz CT molecular complexity index is 971. The van der Waals surface area contributed by atoms with Crippen LogP contribution in [0.25, 0.3) is 28.4 Å². The van der Waals surface area contributed by atoms with Crippen molar-refractivity contribution in [3.63, 3.8) is 0 Å². The fourth-order valence-corrected chi connectivity index (χ4v) is 2.67. The zero-order valence-electron chi connectivity index (χ0n) is 11.8. The minimum atomic E-state index is 0.339. The van der Waals surface area contributed by atoms with Gasteiger partial charge in [0, 0.05) is 11.9 Å². The van der Waals surface area contributed by atoms with Crippen LogP contribution in [0.3, 0.4) is 0 Å². The highest BCUT2D eigenvalue weighted by molar-refractivity contribution is 6.29. The summed E-state index contributed by atoms with van der Waals surface area (Å²) in [5, 5.41) is 0.339. The minimum absolute atomic E-state index is 0.339. The molecule has 4 nitrogen and oxygen atoms in total. The van der Waals surface area contributed by atoms with Crippen LogP contribution in [0.4, 0.5) is 0 Å². The predicted octanol–water partition coefficient (Wildman–Crippen LogP) is 4.64. The number of halogens is 1. The van der Waals surface area contributed by atoms with Gasteiger partial charge >= 0.3 is 0 Å². The average Bonchev–Trinajstić information content (AvgIpc) is 3.10. The van der Waals surface area contributed by atoms with Crippen LogP contribution in [0.1, 0.15) is 5.56 Å². The Morgan fingerprint density at radius 3 is 2.77 bits per heavy atom. The molecule has 3 aromatic heterocycles. The van der Waals surface area contributed by atoms with Crippen molar-refractivity contribution >= 4 is 22.8 Å². The van der Waals surface area contributed by atoms with Gasteiger partial charge in [-0.2, -0.15) is 0 Å². The number of hydrogen-bond donors (Lipinski definition) is 0. The van der Waals surface area contributed by atoms with E-state index in [2.05, 4.69) is 29.0 Å². The highest BCUT2D eigenvalue weighted by Crippen LogP contribution is 2.30. The SMILES string of the molecule is Cc1cccc(-n2c(-c3ccc(Cl)o3)nc3cccnc32)c1. The molecule has 0 atom stereocenters. The van der Waals surface area contributed by atoms with Crippen molar-refractivity contribution in [2.45, 2.75) is 6.92 Å². The maximum absolute atomic E-state index is 5.91. The Morgan fingerprint density at radius 1 is 1.09 bits per heavy atom. The number of aryl methyl sites for hydroxylation is 1. The molecule has 0 saturated heterocycles. The molecule has 0 spiro atoms. The maximum Gasteiger partial charge on any atom is 0.194 e. The van der Waals surface area contributed by atoms with Gasteiger partial charge in [0.25, 0.3) is 0 Å². The highest BCUT2D eigenvalue weighted by atomic mass is 35.5. The van der Waals surface area contributed by atoms with E-state index < -0.39 is 0 Å². The molecule has 0 fully saturated rings. The first-order chi connectivity index (χ1) is 10.7. The van der Waals surface area contributed by atoms with Crippen LogP contribution in [-0.2, 0) is 0 Å². The van der Waals surface area contributed by atoms with E-state index in [0.29, 0.717) is 16.8 Å². The van der Waals surface area contributed by atoms with Gasteiger partial charge in [0.15, 0.2) is 22.5 Å². The molecular weight excluding hydrogens is 298 g/mol. The average molecular weight is 310 g/mol. The van der Waals surface area contributed by atoms with E-state index in [9.17, 15) is 0 Å². The summed E-state index contributed by atoms with van der Waals surface area (Å²) in [7, 11) is 0. The maximum atomic E-state index is 5.91. The first-order valence-electron chi connectivity index (χ1n) is 6.88. The Hall–Kier alpha value is -2.59. The number of pyridine rings is 1. The summed E-state index contributed by atoms with van der Waals surface area (Å²) in [4.78, 5) is 9.12. The number of furan rings is 1. The Labute approximate surface area is 132 Å². The summed E-state index contributed by atoms with van der Waals surface area (Å²) in [5.74, 6) is 1.30. The predicted molar refractivity (Wildman–Crippen MR) is 86.3 cm³/mol. The van der Waals surface area contributed by atoms with Crippen LogP contribution in [0.5, 0.6) is 0 Å². The zero-order chi connectivity index (χ0) is 15.1. The first-order valence-corrected chi connectivity index (χ1v) is 7.26. The number of rotatable bonds is 2. The third-order valence-corrected chi connectivity index (χ3v) is 3.67. The van der Waals surface area contributed by atoms with E-state index in [1.165, 1.54) is 5.56 Å². The summed E-state index contributed by atoms with van der Waals surface area (Å²) >= 11 is 5.91. The van der Waals surface area contributed by atoms with Gasteiger partial charge in [-0.1, -0.05) is 12.1 Å². The number of aromatic nitrogens is 3. The van der Waals surface area contributed by atoms with E-state index in [-0.39, 0.29) is 0 Å². The molecule has 0 aliphatic rings. The van der Waals surface area contributed by atoms with Crippen molar-refractivity contribution < 1.29 is 4.42 Å². The van der Waals surface area contributed by atoms with Gasteiger partial charge in [0.2, 0.25) is 0 Å². The van der Waals surface area contributed by atoms with E-state index in [1.54, 1.807) is 12.3 Å². The molecule has 0 unspecified atom stereocenters. The second-order valence-electron chi connectivity index (χ2n) is 5.06. The molecule has 0 amide bonds. The summed E-state index contributed by atoms with van der Waals surface area (Å²) < 4.78 is 7.53. The smallest absolute Gasteiger partial charge is 0.194 e. The molecule has 0 saturated carbocycles. The van der Waals surface area contributed by atoms with Crippen molar-refractivity contribution in [2.75, 3.05) is 0 Å². The fraction of sp³-hybridized carbons (Fsp3) is 0.0588. The summed E-state index contributed by atoms with van der Waals surface area (Å²) in [6.07, 6.45) is 1.76. The molecule has 4 rings (SSSR count). The number of benzene rings is 1. The normalized spacial score (nSPS) is 11.2. The lowest BCUT2D eigenvalue weighted by Crippen LogP contribution is -1.98. The topological polar surface area (TPSA) is 43.9 Å². The summed E-state index contributed by atoms with van der Waals surface area (Å²) in [6, 6.07) is 15.5. The Balaban J connectivity index is 2.06. The van der Waals surface area contributed by atoms with Crippen LogP contribution in [0, 0.1) is 6.92 Å². The van der Waals surface area contributed by atoms with Crippen molar-refractivity contribution in [2.24, 2.45) is 0 Å². The number of nitrogens with zero attached hydrogens (tertiary/aromatic N) is 3. The Kier molecular flexibility index (Phi) is 2.98. The number of fused-ring (bicyclic) bond motifs is 1. The molecule has 22 heavy (non-hydrogen) atoms. The molecule has 0 radical (unpaired) electrons. The third kappa shape index (κ3) is 2.09. The summed E-state index contributed by atoms with van der Waals surface area (Å²) in [6.45, 7) is 2.06. The molecule has 0 aliphatic carbocycles. The zero-order valence-corrected chi connectivity index (χ0v) is 12.6. The fourth-order valence-electron chi connectivity index (χ4n) is 2.52. The van der Waals surface area contributed by atoms with Crippen LogP contribution < -0.4 is 0 Å². The van der Waals surface area contributed by atoms with Gasteiger partial charge in [0.05, 0.1) is 0 Å². The molecule has 0 N–H and O–H groups in total. The van der Waals surface area contributed by atoms with Gasteiger partial charge < -0.3 is 4.42 Å². The highest BCUT2D eigenvalue weighted by Gasteiger charge is 2.17. The molecular formula is C17H12ClN3O. The lowest BCUT2D eigenvalue weighted by atomic mass is 10.2. The quantitative estimate of drug-likeness (QED) is 0.541. The second-order valence-corrected chi connectivity index (χ2v) is 5.43. The molecule has 0 aliphatic heterocycles. The first kappa shape index (κ1) is 13.1. The largest absolute Gasteiger partial charge is 0.441 e.